The number of hydrogen-bond acceptors (Lipinski definition) is 5. The van der Waals surface area contributed by atoms with Gasteiger partial charge in [-0.2, -0.15) is 5.10 Å². The van der Waals surface area contributed by atoms with Crippen LogP contribution in [0, 0.1) is 12.8 Å². The van der Waals surface area contributed by atoms with E-state index < -0.39 is 5.97 Å². The minimum atomic E-state index is -0.481. The number of anilines is 1. The van der Waals surface area contributed by atoms with Crippen molar-refractivity contribution in [3.63, 3.8) is 0 Å². The maximum atomic E-state index is 11.9. The van der Waals surface area contributed by atoms with Crippen LogP contribution in [0.25, 0.3) is 0 Å². The molecule has 6 heteroatoms. The summed E-state index contributed by atoms with van der Waals surface area (Å²) < 4.78 is 11.8. The molecule has 1 saturated carbocycles. The Hall–Kier alpha value is -1.56. The van der Waals surface area contributed by atoms with Crippen LogP contribution in [0.2, 0.25) is 0 Å². The predicted octanol–water partition coefficient (Wildman–Crippen LogP) is 1.33. The molecule has 100 valence electrons. The molecule has 1 aliphatic rings. The average Bonchev–Trinajstić information content (AvgIpc) is 3.12. The van der Waals surface area contributed by atoms with Crippen LogP contribution >= 0.6 is 0 Å². The average molecular weight is 253 g/mol. The molecule has 0 unspecified atom stereocenters. The molecule has 1 heterocycles. The monoisotopic (exact) mass is 253 g/mol. The van der Waals surface area contributed by atoms with E-state index in [1.165, 1.54) is 12.8 Å². The molecule has 0 bridgehead atoms. The maximum Gasteiger partial charge on any atom is 0.360 e. The molecule has 2 rings (SSSR count). The summed E-state index contributed by atoms with van der Waals surface area (Å²) in [5.74, 6) is 0.169. The summed E-state index contributed by atoms with van der Waals surface area (Å²) in [4.78, 5) is 11.9. The van der Waals surface area contributed by atoms with Gasteiger partial charge in [0.2, 0.25) is 0 Å². The number of nitrogens with two attached hydrogens (primary N) is 1. The molecular weight excluding hydrogens is 234 g/mol. The number of carbonyl (C=O) groups is 1. The Morgan fingerprint density at radius 1 is 1.56 bits per heavy atom. The smallest absolute Gasteiger partial charge is 0.360 e. The molecule has 0 aromatic carbocycles. The topological polar surface area (TPSA) is 79.4 Å². The summed E-state index contributed by atoms with van der Waals surface area (Å²) in [5, 5.41) is 4.17. The van der Waals surface area contributed by atoms with E-state index in [1.807, 2.05) is 6.92 Å². The molecule has 1 aromatic rings. The van der Waals surface area contributed by atoms with Crippen molar-refractivity contribution in [1.82, 2.24) is 9.78 Å². The van der Waals surface area contributed by atoms with Gasteiger partial charge in [0.1, 0.15) is 0 Å². The second-order valence-corrected chi connectivity index (χ2v) is 4.53. The van der Waals surface area contributed by atoms with Crippen molar-refractivity contribution in [2.75, 3.05) is 19.1 Å². The Morgan fingerprint density at radius 2 is 2.28 bits per heavy atom. The van der Waals surface area contributed by atoms with Gasteiger partial charge in [-0.1, -0.05) is 0 Å². The Morgan fingerprint density at radius 3 is 2.89 bits per heavy atom. The van der Waals surface area contributed by atoms with Crippen molar-refractivity contribution in [3.05, 3.63) is 11.4 Å². The van der Waals surface area contributed by atoms with Gasteiger partial charge in [-0.3, -0.25) is 4.68 Å². The fraction of sp³-hybridized carbons (Fsp3) is 0.667. The van der Waals surface area contributed by atoms with Gasteiger partial charge in [-0.25, -0.2) is 4.79 Å². The normalized spacial score (nSPS) is 14.8. The van der Waals surface area contributed by atoms with Gasteiger partial charge in [-0.15, -0.1) is 0 Å². The summed E-state index contributed by atoms with van der Waals surface area (Å²) in [6.45, 7) is 4.87. The molecule has 1 aliphatic carbocycles. The third-order valence-corrected chi connectivity index (χ3v) is 2.99. The minimum absolute atomic E-state index is 0.0251. The summed E-state index contributed by atoms with van der Waals surface area (Å²) >= 11 is 0. The zero-order chi connectivity index (χ0) is 13.1. The van der Waals surface area contributed by atoms with Gasteiger partial charge in [-0.05, 0) is 32.6 Å². The van der Waals surface area contributed by atoms with Crippen LogP contribution in [-0.4, -0.2) is 29.1 Å². The molecule has 0 aliphatic heterocycles. The Labute approximate surface area is 106 Å². The highest BCUT2D eigenvalue weighted by molar-refractivity contribution is 5.93. The molecule has 2 N–H and O–H groups in total. The zero-order valence-electron chi connectivity index (χ0n) is 10.8. The van der Waals surface area contributed by atoms with Gasteiger partial charge in [0.15, 0.2) is 12.5 Å². The molecule has 1 aromatic heterocycles. The van der Waals surface area contributed by atoms with Crippen LogP contribution in [-0.2, 0) is 16.0 Å². The first-order valence-corrected chi connectivity index (χ1v) is 6.21. The molecule has 0 amide bonds. The predicted molar refractivity (Wildman–Crippen MR) is 66.0 cm³/mol. The third-order valence-electron chi connectivity index (χ3n) is 2.99. The van der Waals surface area contributed by atoms with Crippen molar-refractivity contribution in [3.8, 4) is 0 Å². The van der Waals surface area contributed by atoms with E-state index in [0.29, 0.717) is 36.1 Å². The Kier molecular flexibility index (Phi) is 3.86. The number of ether oxygens (including phenoxy) is 2. The number of nitrogen functional groups attached to an aromatic ring is 1. The molecule has 0 atom stereocenters. The number of rotatable bonds is 6. The van der Waals surface area contributed by atoms with Crippen LogP contribution in [0.1, 0.15) is 35.9 Å². The molecule has 1 fully saturated rings. The van der Waals surface area contributed by atoms with Crippen LogP contribution < -0.4 is 5.73 Å². The van der Waals surface area contributed by atoms with Crippen molar-refractivity contribution < 1.29 is 14.3 Å². The van der Waals surface area contributed by atoms with Gasteiger partial charge in [0.05, 0.1) is 18.0 Å². The molecule has 0 spiro atoms. The van der Waals surface area contributed by atoms with Crippen LogP contribution in [0.4, 0.5) is 5.69 Å². The second-order valence-electron chi connectivity index (χ2n) is 4.53. The highest BCUT2D eigenvalue weighted by Crippen LogP contribution is 2.28. The van der Waals surface area contributed by atoms with Crippen molar-refractivity contribution >= 4 is 11.7 Å². The van der Waals surface area contributed by atoms with E-state index in [0.717, 1.165) is 0 Å². The van der Waals surface area contributed by atoms with E-state index in [2.05, 4.69) is 5.10 Å². The molecule has 6 nitrogen and oxygen atoms in total. The lowest BCUT2D eigenvalue weighted by Gasteiger charge is -2.07. The van der Waals surface area contributed by atoms with Crippen LogP contribution in [0.5, 0.6) is 0 Å². The number of aryl methyl sites for hydroxylation is 2. The van der Waals surface area contributed by atoms with Gasteiger partial charge >= 0.3 is 5.97 Å². The number of carbonyl (C=O) groups excluding carboxylic acids is 1. The van der Waals surface area contributed by atoms with Gasteiger partial charge in [0, 0.05) is 6.54 Å². The van der Waals surface area contributed by atoms with E-state index in [-0.39, 0.29) is 6.79 Å². The first-order chi connectivity index (χ1) is 8.63. The van der Waals surface area contributed by atoms with Crippen molar-refractivity contribution in [1.29, 1.82) is 0 Å². The second kappa shape index (κ2) is 5.39. The quantitative estimate of drug-likeness (QED) is 0.470. The first-order valence-electron chi connectivity index (χ1n) is 6.21. The highest BCUT2D eigenvalue weighted by Gasteiger charge is 2.23. The van der Waals surface area contributed by atoms with E-state index >= 15 is 0 Å². The summed E-state index contributed by atoms with van der Waals surface area (Å²) in [7, 11) is 0. The van der Waals surface area contributed by atoms with Gasteiger partial charge in [0.25, 0.3) is 0 Å². The van der Waals surface area contributed by atoms with Crippen LogP contribution in [0.15, 0.2) is 0 Å². The fourth-order valence-corrected chi connectivity index (χ4v) is 1.70. The first kappa shape index (κ1) is 12.9. The number of esters is 1. The lowest BCUT2D eigenvalue weighted by atomic mass is 10.3. The summed E-state index contributed by atoms with van der Waals surface area (Å²) in [5.41, 5.74) is 7.15. The molecular formula is C12H19N3O3. The third kappa shape index (κ3) is 2.81. The fourth-order valence-electron chi connectivity index (χ4n) is 1.70. The lowest BCUT2D eigenvalue weighted by Crippen LogP contribution is -2.16. The SMILES string of the molecule is CCn1nc(C)c(N)c1C(=O)OCOCC1CC1. The Balaban J connectivity index is 1.90. The van der Waals surface area contributed by atoms with Crippen molar-refractivity contribution in [2.24, 2.45) is 5.92 Å². The van der Waals surface area contributed by atoms with E-state index in [1.54, 1.807) is 11.6 Å². The molecule has 0 saturated heterocycles. The zero-order valence-corrected chi connectivity index (χ0v) is 10.8. The summed E-state index contributed by atoms with van der Waals surface area (Å²) in [6, 6.07) is 0. The standard InChI is InChI=1S/C12H19N3O3/c1-3-15-11(10(13)8(2)14-15)12(16)18-7-17-6-9-4-5-9/h9H,3-7,13H2,1-2H3. The maximum absolute atomic E-state index is 11.9. The Bertz CT molecular complexity index is 438. The molecule has 18 heavy (non-hydrogen) atoms. The largest absolute Gasteiger partial charge is 0.434 e. The number of nitrogens with zero attached hydrogens (tertiary/aromatic N) is 2. The summed E-state index contributed by atoms with van der Waals surface area (Å²) in [6.07, 6.45) is 2.42. The van der Waals surface area contributed by atoms with E-state index in [9.17, 15) is 4.79 Å². The number of hydrogen-bond donors (Lipinski definition) is 1. The number of aromatic nitrogens is 2. The van der Waals surface area contributed by atoms with E-state index in [4.69, 9.17) is 15.2 Å². The molecule has 0 radical (unpaired) electrons. The van der Waals surface area contributed by atoms with Crippen LogP contribution in [0.3, 0.4) is 0 Å². The van der Waals surface area contributed by atoms with Gasteiger partial charge < -0.3 is 15.2 Å². The highest BCUT2D eigenvalue weighted by atomic mass is 16.7. The van der Waals surface area contributed by atoms with Crippen molar-refractivity contribution in [2.45, 2.75) is 33.2 Å². The minimum Gasteiger partial charge on any atom is -0.434 e. The lowest BCUT2D eigenvalue weighted by molar-refractivity contribution is -0.0351.